The van der Waals surface area contributed by atoms with Gasteiger partial charge in [-0.15, -0.1) is 0 Å². The first-order valence-corrected chi connectivity index (χ1v) is 9.12. The number of aliphatic hydroxyl groups is 4. The van der Waals surface area contributed by atoms with Crippen molar-refractivity contribution in [1.82, 2.24) is 0 Å². The Morgan fingerprint density at radius 1 is 0.630 bits per heavy atom. The predicted octanol–water partition coefficient (Wildman–Crippen LogP) is 0.433. The smallest absolute Gasteiger partial charge is 0.119 e. The van der Waals surface area contributed by atoms with Crippen LogP contribution in [0.15, 0.2) is 30.3 Å². The molecular formula is C22H22O5. The first-order chi connectivity index (χ1) is 12.9. The van der Waals surface area contributed by atoms with Crippen molar-refractivity contribution in [3.8, 4) is 17.6 Å². The van der Waals surface area contributed by atoms with E-state index in [1.807, 2.05) is 18.2 Å². The summed E-state index contributed by atoms with van der Waals surface area (Å²) in [4.78, 5) is 0. The second-order valence-corrected chi connectivity index (χ2v) is 7.37. The summed E-state index contributed by atoms with van der Waals surface area (Å²) in [5.74, 6) is 6.39. The molecule has 5 nitrogen and oxygen atoms in total. The van der Waals surface area contributed by atoms with Crippen LogP contribution < -0.4 is 0 Å². The molecule has 5 N–H and O–H groups in total. The summed E-state index contributed by atoms with van der Waals surface area (Å²) in [5.41, 5.74) is 4.85. The Bertz CT molecular complexity index is 940. The van der Waals surface area contributed by atoms with Gasteiger partial charge in [-0.3, -0.25) is 0 Å². The third-order valence-electron chi connectivity index (χ3n) is 5.57. The summed E-state index contributed by atoms with van der Waals surface area (Å²) in [6.45, 7) is 0. The average molecular weight is 366 g/mol. The fourth-order valence-electron chi connectivity index (χ4n) is 3.97. The second-order valence-electron chi connectivity index (χ2n) is 7.37. The Morgan fingerprint density at radius 3 is 1.89 bits per heavy atom. The topological polar surface area (TPSA) is 101 Å². The quantitative estimate of drug-likeness (QED) is 0.436. The van der Waals surface area contributed by atoms with Crippen molar-refractivity contribution in [3.63, 3.8) is 0 Å². The molecule has 0 fully saturated rings. The summed E-state index contributed by atoms with van der Waals surface area (Å²) >= 11 is 0. The molecule has 2 aromatic carbocycles. The van der Waals surface area contributed by atoms with Gasteiger partial charge >= 0.3 is 0 Å². The van der Waals surface area contributed by atoms with Gasteiger partial charge in [0, 0.05) is 42.4 Å². The molecule has 0 radical (unpaired) electrons. The number of aromatic hydroxyl groups is 1. The van der Waals surface area contributed by atoms with Gasteiger partial charge in [-0.1, -0.05) is 24.0 Å². The van der Waals surface area contributed by atoms with Crippen molar-refractivity contribution in [3.05, 3.63) is 63.7 Å². The minimum Gasteiger partial charge on any atom is -0.508 e. The van der Waals surface area contributed by atoms with Crippen LogP contribution >= 0.6 is 0 Å². The summed E-state index contributed by atoms with van der Waals surface area (Å²) < 4.78 is 0. The van der Waals surface area contributed by atoms with E-state index in [1.165, 1.54) is 0 Å². The van der Waals surface area contributed by atoms with Gasteiger partial charge in [-0.25, -0.2) is 0 Å². The molecule has 0 saturated heterocycles. The van der Waals surface area contributed by atoms with Crippen LogP contribution in [0.2, 0.25) is 0 Å². The van der Waals surface area contributed by atoms with Crippen LogP contribution in [-0.2, 0) is 25.7 Å². The van der Waals surface area contributed by atoms with E-state index in [0.717, 1.165) is 22.3 Å². The van der Waals surface area contributed by atoms with Crippen LogP contribution in [0.4, 0.5) is 0 Å². The van der Waals surface area contributed by atoms with Gasteiger partial charge in [0.2, 0.25) is 0 Å². The molecule has 140 valence electrons. The SMILES string of the molecule is Oc1ccc(C#Cc2cccc3c2C[C@@H](O)[C@@H](O)C3)c2c1C[C@@H](O)[C@@H](O)C2. The van der Waals surface area contributed by atoms with Crippen molar-refractivity contribution in [2.45, 2.75) is 50.1 Å². The Balaban J connectivity index is 1.73. The largest absolute Gasteiger partial charge is 0.508 e. The lowest BCUT2D eigenvalue weighted by molar-refractivity contribution is 0.0136. The molecule has 5 heteroatoms. The molecule has 0 amide bonds. The Hall–Kier alpha value is -2.36. The maximum absolute atomic E-state index is 10.1. The number of benzene rings is 2. The molecule has 4 atom stereocenters. The highest BCUT2D eigenvalue weighted by atomic mass is 16.3. The molecule has 2 aliphatic rings. The standard InChI is InChI=1S/C22H22O5/c23-18-7-6-13(16-10-21(26)22(27)11-17(16)18)5-4-12-2-1-3-14-8-19(24)20(25)9-15(12)14/h1-3,6-7,19-27H,8-11H2/t19-,20+,21-,22+/m0/s1. The van der Waals surface area contributed by atoms with Crippen LogP contribution in [0.1, 0.15) is 33.4 Å². The van der Waals surface area contributed by atoms with E-state index < -0.39 is 24.4 Å². The number of fused-ring (bicyclic) bond motifs is 2. The lowest BCUT2D eigenvalue weighted by Crippen LogP contribution is -2.35. The predicted molar refractivity (Wildman–Crippen MR) is 99.4 cm³/mol. The summed E-state index contributed by atoms with van der Waals surface area (Å²) in [7, 11) is 0. The van der Waals surface area contributed by atoms with Gasteiger partial charge in [0.1, 0.15) is 5.75 Å². The first-order valence-electron chi connectivity index (χ1n) is 9.12. The lowest BCUT2D eigenvalue weighted by atomic mass is 9.83. The zero-order chi connectivity index (χ0) is 19.1. The van der Waals surface area contributed by atoms with Crippen LogP contribution in [0.3, 0.4) is 0 Å². The maximum atomic E-state index is 10.1. The van der Waals surface area contributed by atoms with E-state index in [-0.39, 0.29) is 18.6 Å². The highest BCUT2D eigenvalue weighted by Gasteiger charge is 2.29. The van der Waals surface area contributed by atoms with E-state index in [1.54, 1.807) is 12.1 Å². The van der Waals surface area contributed by atoms with Gasteiger partial charge in [0.05, 0.1) is 24.4 Å². The molecule has 0 saturated carbocycles. The Kier molecular flexibility index (Phi) is 4.67. The molecule has 2 aliphatic carbocycles. The average Bonchev–Trinajstić information content (AvgIpc) is 2.64. The number of phenolic OH excluding ortho intramolecular Hbond substituents is 1. The molecular weight excluding hydrogens is 344 g/mol. The van der Waals surface area contributed by atoms with Crippen LogP contribution in [0.25, 0.3) is 0 Å². The van der Waals surface area contributed by atoms with Crippen molar-refractivity contribution in [1.29, 1.82) is 0 Å². The monoisotopic (exact) mass is 366 g/mol. The fraction of sp³-hybridized carbons (Fsp3) is 0.364. The molecule has 27 heavy (non-hydrogen) atoms. The highest BCUT2D eigenvalue weighted by molar-refractivity contribution is 5.56. The zero-order valence-corrected chi connectivity index (χ0v) is 14.8. The van der Waals surface area contributed by atoms with Gasteiger partial charge < -0.3 is 25.5 Å². The van der Waals surface area contributed by atoms with Gasteiger partial charge in [-0.2, -0.15) is 0 Å². The van der Waals surface area contributed by atoms with E-state index in [9.17, 15) is 25.5 Å². The number of aliphatic hydroxyl groups excluding tert-OH is 4. The van der Waals surface area contributed by atoms with Crippen molar-refractivity contribution >= 4 is 0 Å². The van der Waals surface area contributed by atoms with Crippen LogP contribution in [0.5, 0.6) is 5.75 Å². The van der Waals surface area contributed by atoms with E-state index in [0.29, 0.717) is 24.0 Å². The molecule has 0 heterocycles. The lowest BCUT2D eigenvalue weighted by Gasteiger charge is -2.27. The fourth-order valence-corrected chi connectivity index (χ4v) is 3.97. The third-order valence-corrected chi connectivity index (χ3v) is 5.57. The van der Waals surface area contributed by atoms with Gasteiger partial charge in [0.15, 0.2) is 0 Å². The second kappa shape index (κ2) is 6.99. The van der Waals surface area contributed by atoms with Crippen molar-refractivity contribution in [2.75, 3.05) is 0 Å². The first kappa shape index (κ1) is 18.0. The van der Waals surface area contributed by atoms with E-state index in [4.69, 9.17) is 0 Å². The normalized spacial score (nSPS) is 26.5. The van der Waals surface area contributed by atoms with Gasteiger partial charge in [0.25, 0.3) is 0 Å². The minimum atomic E-state index is -0.888. The molecule has 4 rings (SSSR count). The molecule has 0 aliphatic heterocycles. The summed E-state index contributed by atoms with van der Waals surface area (Å²) in [6.07, 6.45) is -2.10. The number of phenols is 1. The molecule has 0 spiro atoms. The Morgan fingerprint density at radius 2 is 1.19 bits per heavy atom. The van der Waals surface area contributed by atoms with E-state index in [2.05, 4.69) is 11.8 Å². The Labute approximate surface area is 157 Å². The highest BCUT2D eigenvalue weighted by Crippen LogP contribution is 2.32. The van der Waals surface area contributed by atoms with Gasteiger partial charge in [-0.05, 0) is 34.9 Å². The number of rotatable bonds is 0. The minimum absolute atomic E-state index is 0.107. The van der Waals surface area contributed by atoms with Crippen molar-refractivity contribution in [2.24, 2.45) is 0 Å². The van der Waals surface area contributed by atoms with E-state index >= 15 is 0 Å². The molecule has 2 aromatic rings. The maximum Gasteiger partial charge on any atom is 0.119 e. The molecule has 0 unspecified atom stereocenters. The summed E-state index contributed by atoms with van der Waals surface area (Å²) in [5, 5.41) is 49.9. The van der Waals surface area contributed by atoms with Crippen LogP contribution in [0, 0.1) is 11.8 Å². The number of hydrogen-bond acceptors (Lipinski definition) is 5. The number of hydrogen-bond donors (Lipinski definition) is 5. The molecule has 0 bridgehead atoms. The van der Waals surface area contributed by atoms with Crippen LogP contribution in [-0.4, -0.2) is 49.9 Å². The third kappa shape index (κ3) is 3.33. The summed E-state index contributed by atoms with van der Waals surface area (Å²) in [6, 6.07) is 9.00. The zero-order valence-electron chi connectivity index (χ0n) is 14.8. The van der Waals surface area contributed by atoms with Crippen molar-refractivity contribution < 1.29 is 25.5 Å². The molecule has 0 aromatic heterocycles.